The van der Waals surface area contributed by atoms with Gasteiger partial charge in [-0.15, -0.1) is 0 Å². The molecule has 1 unspecified atom stereocenters. The molecule has 0 amide bonds. The van der Waals surface area contributed by atoms with Crippen LogP contribution in [0.1, 0.15) is 82.2 Å². The zero-order valence-electron chi connectivity index (χ0n) is 16.2. The molecule has 0 aromatic heterocycles. The lowest BCUT2D eigenvalue weighted by atomic mass is 9.77. The van der Waals surface area contributed by atoms with Gasteiger partial charge in [-0.05, 0) is 45.6 Å². The lowest BCUT2D eigenvalue weighted by Crippen LogP contribution is -2.18. The maximum Gasteiger partial charge on any atom is 0.0305 e. The standard InChI is InChI=1S/C24H30/c1-16-12-17-10-8-9-11-21(17)22(16)18-13-19(23(2,3)4)15-20(14-18)24(5,6)7/h8-15,22H,1-7H3. The molecule has 0 heterocycles. The van der Waals surface area contributed by atoms with Crippen LogP contribution in [0.3, 0.4) is 0 Å². The van der Waals surface area contributed by atoms with Crippen LogP contribution >= 0.6 is 0 Å². The normalized spacial score (nSPS) is 17.6. The van der Waals surface area contributed by atoms with E-state index in [2.05, 4.69) is 97.0 Å². The highest BCUT2D eigenvalue weighted by Crippen LogP contribution is 2.43. The molecule has 24 heavy (non-hydrogen) atoms. The van der Waals surface area contributed by atoms with Gasteiger partial charge in [0.25, 0.3) is 0 Å². The molecule has 1 aliphatic carbocycles. The maximum absolute atomic E-state index is 2.43. The molecule has 2 aromatic carbocycles. The molecule has 0 spiro atoms. The van der Waals surface area contributed by atoms with Gasteiger partial charge in [0.05, 0.1) is 0 Å². The molecule has 0 saturated heterocycles. The highest BCUT2D eigenvalue weighted by Gasteiger charge is 2.27. The van der Waals surface area contributed by atoms with Crippen molar-refractivity contribution in [2.24, 2.45) is 0 Å². The lowest BCUT2D eigenvalue weighted by molar-refractivity contribution is 0.566. The number of hydrogen-bond acceptors (Lipinski definition) is 0. The van der Waals surface area contributed by atoms with Crippen molar-refractivity contribution in [3.63, 3.8) is 0 Å². The average Bonchev–Trinajstić information content (AvgIpc) is 2.80. The van der Waals surface area contributed by atoms with E-state index in [1.54, 1.807) is 0 Å². The van der Waals surface area contributed by atoms with Crippen molar-refractivity contribution in [2.45, 2.75) is 65.2 Å². The molecule has 0 fully saturated rings. The summed E-state index contributed by atoms with van der Waals surface area (Å²) in [4.78, 5) is 0. The third-order valence-electron chi connectivity index (χ3n) is 5.17. The van der Waals surface area contributed by atoms with E-state index in [9.17, 15) is 0 Å². The summed E-state index contributed by atoms with van der Waals surface area (Å²) in [7, 11) is 0. The molecular weight excluding hydrogens is 288 g/mol. The minimum Gasteiger partial charge on any atom is -0.0619 e. The van der Waals surface area contributed by atoms with Crippen molar-refractivity contribution in [3.05, 3.63) is 75.9 Å². The second kappa shape index (κ2) is 5.62. The molecule has 0 saturated carbocycles. The number of rotatable bonds is 1. The first-order chi connectivity index (χ1) is 11.1. The Morgan fingerprint density at radius 3 is 1.83 bits per heavy atom. The van der Waals surface area contributed by atoms with Crippen LogP contribution in [0.5, 0.6) is 0 Å². The first-order valence-corrected chi connectivity index (χ1v) is 9.00. The van der Waals surface area contributed by atoms with Crippen LogP contribution in [-0.4, -0.2) is 0 Å². The summed E-state index contributed by atoms with van der Waals surface area (Å²) < 4.78 is 0. The van der Waals surface area contributed by atoms with Crippen molar-refractivity contribution >= 4 is 6.08 Å². The summed E-state index contributed by atoms with van der Waals surface area (Å²) in [5.74, 6) is 0.393. The van der Waals surface area contributed by atoms with Crippen molar-refractivity contribution in [1.82, 2.24) is 0 Å². The van der Waals surface area contributed by atoms with Crippen LogP contribution < -0.4 is 0 Å². The predicted octanol–water partition coefficient (Wildman–Crippen LogP) is 6.83. The lowest BCUT2D eigenvalue weighted by Gasteiger charge is -2.28. The monoisotopic (exact) mass is 318 g/mol. The molecule has 3 rings (SSSR count). The van der Waals surface area contributed by atoms with E-state index in [0.717, 1.165) is 0 Å². The quantitative estimate of drug-likeness (QED) is 0.540. The van der Waals surface area contributed by atoms with Gasteiger partial charge in [-0.2, -0.15) is 0 Å². The van der Waals surface area contributed by atoms with Crippen LogP contribution in [0.4, 0.5) is 0 Å². The smallest absolute Gasteiger partial charge is 0.0305 e. The molecule has 126 valence electrons. The van der Waals surface area contributed by atoms with E-state index in [1.807, 2.05) is 0 Å². The molecule has 0 nitrogen and oxygen atoms in total. The Bertz CT molecular complexity index is 759. The van der Waals surface area contributed by atoms with E-state index in [4.69, 9.17) is 0 Å². The Hall–Kier alpha value is -1.82. The third-order valence-corrected chi connectivity index (χ3v) is 5.17. The topological polar surface area (TPSA) is 0 Å². The maximum atomic E-state index is 2.43. The molecule has 0 radical (unpaired) electrons. The summed E-state index contributed by atoms with van der Waals surface area (Å²) in [5, 5.41) is 0. The van der Waals surface area contributed by atoms with E-state index in [-0.39, 0.29) is 10.8 Å². The first kappa shape index (κ1) is 17.0. The Balaban J connectivity index is 2.20. The van der Waals surface area contributed by atoms with E-state index in [0.29, 0.717) is 5.92 Å². The van der Waals surface area contributed by atoms with Crippen LogP contribution in [0.25, 0.3) is 6.08 Å². The molecule has 0 aliphatic heterocycles. The molecule has 1 aliphatic rings. The highest BCUT2D eigenvalue weighted by atomic mass is 14.3. The van der Waals surface area contributed by atoms with Crippen molar-refractivity contribution in [1.29, 1.82) is 0 Å². The van der Waals surface area contributed by atoms with Crippen molar-refractivity contribution in [3.8, 4) is 0 Å². The van der Waals surface area contributed by atoms with E-state index < -0.39 is 0 Å². The second-order valence-electron chi connectivity index (χ2n) is 9.29. The highest BCUT2D eigenvalue weighted by molar-refractivity contribution is 5.69. The Labute approximate surface area is 147 Å². The fourth-order valence-corrected chi connectivity index (χ4v) is 3.61. The third kappa shape index (κ3) is 3.07. The first-order valence-electron chi connectivity index (χ1n) is 9.00. The van der Waals surface area contributed by atoms with Gasteiger partial charge in [0.15, 0.2) is 0 Å². The zero-order chi connectivity index (χ0) is 17.7. The second-order valence-corrected chi connectivity index (χ2v) is 9.29. The zero-order valence-corrected chi connectivity index (χ0v) is 16.2. The minimum absolute atomic E-state index is 0.158. The van der Waals surface area contributed by atoms with Crippen LogP contribution in [0.15, 0.2) is 48.0 Å². The summed E-state index contributed by atoms with van der Waals surface area (Å²) in [5.41, 5.74) is 8.88. The molecular formula is C24H30. The van der Waals surface area contributed by atoms with Crippen LogP contribution in [0, 0.1) is 0 Å². The summed E-state index contributed by atoms with van der Waals surface area (Å²) in [6, 6.07) is 16.1. The summed E-state index contributed by atoms with van der Waals surface area (Å²) in [6.07, 6.45) is 2.35. The average molecular weight is 319 g/mol. The van der Waals surface area contributed by atoms with E-state index in [1.165, 1.54) is 33.4 Å². The number of hydrogen-bond donors (Lipinski definition) is 0. The van der Waals surface area contributed by atoms with Gasteiger partial charge in [-0.3, -0.25) is 0 Å². The van der Waals surface area contributed by atoms with Gasteiger partial charge in [0.2, 0.25) is 0 Å². The Kier molecular flexibility index (Phi) is 3.98. The van der Waals surface area contributed by atoms with Gasteiger partial charge in [0, 0.05) is 5.92 Å². The van der Waals surface area contributed by atoms with Crippen LogP contribution in [-0.2, 0) is 10.8 Å². The van der Waals surface area contributed by atoms with Crippen molar-refractivity contribution < 1.29 is 0 Å². The van der Waals surface area contributed by atoms with Gasteiger partial charge in [0.1, 0.15) is 0 Å². The van der Waals surface area contributed by atoms with Crippen molar-refractivity contribution in [2.75, 3.05) is 0 Å². The molecule has 2 aromatic rings. The fourth-order valence-electron chi connectivity index (χ4n) is 3.61. The number of benzene rings is 2. The summed E-state index contributed by atoms with van der Waals surface area (Å²) >= 11 is 0. The number of allylic oxidation sites excluding steroid dienone is 1. The van der Waals surface area contributed by atoms with E-state index >= 15 is 0 Å². The molecule has 1 atom stereocenters. The van der Waals surface area contributed by atoms with Gasteiger partial charge in [-0.25, -0.2) is 0 Å². The summed E-state index contributed by atoms with van der Waals surface area (Å²) in [6.45, 7) is 16.1. The van der Waals surface area contributed by atoms with Gasteiger partial charge < -0.3 is 0 Å². The largest absolute Gasteiger partial charge is 0.0619 e. The minimum atomic E-state index is 0.158. The Morgan fingerprint density at radius 2 is 1.29 bits per heavy atom. The van der Waals surface area contributed by atoms with Gasteiger partial charge >= 0.3 is 0 Å². The molecule has 0 heteroatoms. The molecule has 0 bridgehead atoms. The van der Waals surface area contributed by atoms with Crippen LogP contribution in [0.2, 0.25) is 0 Å². The molecule has 0 N–H and O–H groups in total. The van der Waals surface area contributed by atoms with Gasteiger partial charge in [-0.1, -0.05) is 95.7 Å². The predicted molar refractivity (Wildman–Crippen MR) is 106 cm³/mol. The Morgan fingerprint density at radius 1 is 0.750 bits per heavy atom. The number of fused-ring (bicyclic) bond motifs is 1. The fraction of sp³-hybridized carbons (Fsp3) is 0.417. The SMILES string of the molecule is CC1=Cc2ccccc2C1c1cc(C(C)(C)C)cc(C(C)(C)C)c1.